The van der Waals surface area contributed by atoms with Crippen LogP contribution in [0.1, 0.15) is 53.5 Å². The number of aryl methyl sites for hydroxylation is 1. The number of esters is 2. The highest BCUT2D eigenvalue weighted by molar-refractivity contribution is 5.99. The Hall–Kier alpha value is -3.10. The molecule has 9 heteroatoms. The molecule has 2 amide bonds. The minimum absolute atomic E-state index is 0.0279. The van der Waals surface area contributed by atoms with Crippen molar-refractivity contribution < 1.29 is 33.4 Å². The maximum Gasteiger partial charge on any atom is 0.408 e. The van der Waals surface area contributed by atoms with Crippen molar-refractivity contribution in [3.63, 3.8) is 0 Å². The average Bonchev–Trinajstić information content (AvgIpc) is 3.29. The highest BCUT2D eigenvalue weighted by Gasteiger charge is 2.85. The Balaban J connectivity index is 2.02. The van der Waals surface area contributed by atoms with Crippen LogP contribution in [0.4, 0.5) is 10.5 Å². The third-order valence-corrected chi connectivity index (χ3v) is 7.09. The van der Waals surface area contributed by atoms with Crippen LogP contribution in [0.25, 0.3) is 0 Å². The number of rotatable bonds is 7. The first-order valence-electron chi connectivity index (χ1n) is 12.0. The lowest BCUT2D eigenvalue weighted by atomic mass is 9.79. The van der Waals surface area contributed by atoms with Crippen molar-refractivity contribution in [3.8, 4) is 0 Å². The second-order valence-corrected chi connectivity index (χ2v) is 10.4. The van der Waals surface area contributed by atoms with E-state index in [-0.39, 0.29) is 25.5 Å². The molecule has 2 aliphatic carbocycles. The summed E-state index contributed by atoms with van der Waals surface area (Å²) < 4.78 is 16.1. The van der Waals surface area contributed by atoms with Gasteiger partial charge in [0.1, 0.15) is 11.1 Å². The second kappa shape index (κ2) is 9.51. The monoisotopic (exact) mass is 488 g/mol. The lowest BCUT2D eigenvalue weighted by Gasteiger charge is -2.37. The smallest absolute Gasteiger partial charge is 0.408 e. The topological polar surface area (TPSA) is 120 Å². The summed E-state index contributed by atoms with van der Waals surface area (Å²) in [5.41, 5.74) is -2.02. The van der Waals surface area contributed by atoms with Gasteiger partial charge >= 0.3 is 18.0 Å². The van der Waals surface area contributed by atoms with Crippen LogP contribution in [0.15, 0.2) is 24.3 Å². The number of hydrogen-bond donors (Lipinski definition) is 2. The highest BCUT2D eigenvalue weighted by Crippen LogP contribution is 2.75. The number of alkyl carbamates (subject to hydrolysis) is 1. The molecule has 35 heavy (non-hydrogen) atoms. The molecule has 9 nitrogen and oxygen atoms in total. The van der Waals surface area contributed by atoms with E-state index >= 15 is 0 Å². The van der Waals surface area contributed by atoms with E-state index in [4.69, 9.17) is 14.2 Å². The summed E-state index contributed by atoms with van der Waals surface area (Å²) in [5, 5.41) is 5.66. The predicted molar refractivity (Wildman–Crippen MR) is 128 cm³/mol. The normalized spacial score (nSPS) is 28.9. The number of carbonyl (C=O) groups is 4. The zero-order chi connectivity index (χ0) is 26.2. The number of carbonyl (C=O) groups excluding carboxylic acids is 4. The van der Waals surface area contributed by atoms with Crippen molar-refractivity contribution in [1.29, 1.82) is 0 Å². The fraction of sp³-hybridized carbons (Fsp3) is 0.615. The first-order chi connectivity index (χ1) is 16.3. The predicted octanol–water partition coefficient (Wildman–Crippen LogP) is 3.60. The molecule has 0 saturated heterocycles. The van der Waals surface area contributed by atoms with Gasteiger partial charge in [0.15, 0.2) is 0 Å². The van der Waals surface area contributed by atoms with Crippen LogP contribution in [-0.2, 0) is 28.6 Å². The molecule has 2 aliphatic rings. The molecule has 5 atom stereocenters. The zero-order valence-electron chi connectivity index (χ0n) is 21.5. The number of anilines is 1. The third kappa shape index (κ3) is 4.73. The molecular formula is C26H36N2O7. The molecule has 0 bridgehead atoms. The third-order valence-electron chi connectivity index (χ3n) is 7.09. The Bertz CT molecular complexity index is 1020. The minimum atomic E-state index is -1.64. The fourth-order valence-electron chi connectivity index (χ4n) is 5.51. The summed E-state index contributed by atoms with van der Waals surface area (Å²) in [6.07, 6.45) is -0.847. The van der Waals surface area contributed by atoms with E-state index in [9.17, 15) is 19.2 Å². The lowest BCUT2D eigenvalue weighted by Crippen LogP contribution is -2.61. The number of hydrogen-bond acceptors (Lipinski definition) is 7. The molecule has 0 radical (unpaired) electrons. The van der Waals surface area contributed by atoms with E-state index in [2.05, 4.69) is 10.6 Å². The van der Waals surface area contributed by atoms with Crippen LogP contribution in [0.3, 0.4) is 0 Å². The standard InChI is InChI=1S/C26H36N2O7/c1-8-33-21(30)19-18-16(20(29)27-17-13-11-10-12-15(17)3)14-26(25(18,19)7,22(31)34-9-2)28-23(32)35-24(4,5)6/h10-13,16,18-19H,8-9,14H2,1-7H3,(H,27,29)(H,28,32)/t16-,18-,19-,25-,26-/m0/s1. The Kier molecular flexibility index (Phi) is 7.20. The summed E-state index contributed by atoms with van der Waals surface area (Å²) in [5.74, 6) is -3.56. The largest absolute Gasteiger partial charge is 0.466 e. The molecule has 0 heterocycles. The van der Waals surface area contributed by atoms with E-state index in [1.54, 1.807) is 47.6 Å². The van der Waals surface area contributed by atoms with Crippen molar-refractivity contribution in [3.05, 3.63) is 29.8 Å². The van der Waals surface area contributed by atoms with Gasteiger partial charge in [-0.2, -0.15) is 0 Å². The van der Waals surface area contributed by atoms with Gasteiger partial charge in [0.2, 0.25) is 5.91 Å². The molecule has 0 aliphatic heterocycles. The van der Waals surface area contributed by atoms with Crippen LogP contribution in [0.5, 0.6) is 0 Å². The zero-order valence-corrected chi connectivity index (χ0v) is 21.5. The van der Waals surface area contributed by atoms with Gasteiger partial charge in [-0.25, -0.2) is 9.59 Å². The van der Waals surface area contributed by atoms with Gasteiger partial charge in [0.25, 0.3) is 0 Å². The molecule has 0 unspecified atom stereocenters. The van der Waals surface area contributed by atoms with Crippen LogP contribution in [0.2, 0.25) is 0 Å². The van der Waals surface area contributed by atoms with E-state index in [1.165, 1.54) is 0 Å². The first kappa shape index (κ1) is 26.5. The average molecular weight is 489 g/mol. The molecule has 192 valence electrons. The SMILES string of the molecule is CCOC(=O)[C@@H]1[C@@H]2[C@@H](C(=O)Nc3ccccc3C)C[C@](NC(=O)OC(C)(C)C)(C(=O)OCC)[C@@]21C. The van der Waals surface area contributed by atoms with E-state index in [0.717, 1.165) is 5.56 Å². The number of nitrogens with one attached hydrogen (secondary N) is 2. The van der Waals surface area contributed by atoms with E-state index in [1.807, 2.05) is 25.1 Å². The number of para-hydroxylation sites is 1. The Labute approximate surface area is 206 Å². The van der Waals surface area contributed by atoms with Gasteiger partial charge in [-0.3, -0.25) is 9.59 Å². The number of benzene rings is 1. The summed E-state index contributed by atoms with van der Waals surface area (Å²) in [6.45, 7) is 12.3. The maximum absolute atomic E-state index is 13.5. The summed E-state index contributed by atoms with van der Waals surface area (Å²) in [4.78, 5) is 52.8. The van der Waals surface area contributed by atoms with Crippen LogP contribution < -0.4 is 10.6 Å². The van der Waals surface area contributed by atoms with Crippen molar-refractivity contribution in [2.45, 2.75) is 66.0 Å². The van der Waals surface area contributed by atoms with Crippen LogP contribution in [0, 0.1) is 30.1 Å². The van der Waals surface area contributed by atoms with Gasteiger partial charge in [-0.05, 0) is 65.5 Å². The fourth-order valence-corrected chi connectivity index (χ4v) is 5.51. The van der Waals surface area contributed by atoms with Crippen molar-refractivity contribution in [2.75, 3.05) is 18.5 Å². The first-order valence-corrected chi connectivity index (χ1v) is 12.0. The molecule has 2 N–H and O–H groups in total. The number of fused-ring (bicyclic) bond motifs is 1. The summed E-state index contributed by atoms with van der Waals surface area (Å²) in [6, 6.07) is 7.34. The second-order valence-electron chi connectivity index (χ2n) is 10.4. The quantitative estimate of drug-likeness (QED) is 0.444. The molecule has 0 aromatic heterocycles. The molecule has 2 saturated carbocycles. The van der Waals surface area contributed by atoms with Gasteiger partial charge in [0, 0.05) is 17.0 Å². The van der Waals surface area contributed by atoms with E-state index < -0.39 is 52.3 Å². The Morgan fingerprint density at radius 1 is 1.06 bits per heavy atom. The number of amides is 2. The molecule has 2 fully saturated rings. The van der Waals surface area contributed by atoms with Crippen molar-refractivity contribution in [1.82, 2.24) is 5.32 Å². The van der Waals surface area contributed by atoms with Crippen molar-refractivity contribution >= 4 is 29.6 Å². The lowest BCUT2D eigenvalue weighted by molar-refractivity contribution is -0.156. The Morgan fingerprint density at radius 2 is 1.69 bits per heavy atom. The van der Waals surface area contributed by atoms with Gasteiger partial charge in [0.05, 0.1) is 19.1 Å². The molecule has 1 aromatic carbocycles. The highest BCUT2D eigenvalue weighted by atomic mass is 16.6. The number of ether oxygens (including phenoxy) is 3. The molecular weight excluding hydrogens is 452 g/mol. The van der Waals surface area contributed by atoms with Gasteiger partial charge < -0.3 is 24.8 Å². The molecule has 1 aromatic rings. The maximum atomic E-state index is 13.5. The summed E-state index contributed by atoms with van der Waals surface area (Å²) >= 11 is 0. The minimum Gasteiger partial charge on any atom is -0.466 e. The van der Waals surface area contributed by atoms with Crippen LogP contribution >= 0.6 is 0 Å². The Morgan fingerprint density at radius 3 is 2.26 bits per heavy atom. The van der Waals surface area contributed by atoms with Gasteiger partial charge in [-0.15, -0.1) is 0 Å². The van der Waals surface area contributed by atoms with E-state index in [0.29, 0.717) is 5.69 Å². The van der Waals surface area contributed by atoms with Crippen molar-refractivity contribution in [2.24, 2.45) is 23.2 Å². The molecule has 0 spiro atoms. The molecule has 3 rings (SSSR count). The summed E-state index contributed by atoms with van der Waals surface area (Å²) in [7, 11) is 0. The van der Waals surface area contributed by atoms with Crippen LogP contribution in [-0.4, -0.2) is 48.3 Å². The van der Waals surface area contributed by atoms with Gasteiger partial charge in [-0.1, -0.05) is 25.1 Å².